The molecule has 2 rings (SSSR count). The molecule has 0 heterocycles. The lowest BCUT2D eigenvalue weighted by atomic mass is 10.1. The van der Waals surface area contributed by atoms with Gasteiger partial charge in [0, 0.05) is 17.1 Å². The molecule has 2 aromatic carbocycles. The number of hydrogen-bond acceptors (Lipinski definition) is 2. The Balaban J connectivity index is 2.15. The van der Waals surface area contributed by atoms with Gasteiger partial charge in [0.25, 0.3) is 0 Å². The standard InChI is InChI=1S/C15H14BrCl2NO/c1-19-8-10-4-2-3-5-11(10)9-20-15-7-13(17)12(16)6-14(15)18/h2-7,19H,8-9H2,1H3. The second kappa shape index (κ2) is 7.32. The van der Waals surface area contributed by atoms with Crippen molar-refractivity contribution in [1.82, 2.24) is 5.32 Å². The summed E-state index contributed by atoms with van der Waals surface area (Å²) in [6.07, 6.45) is 0. The molecule has 0 fully saturated rings. The van der Waals surface area contributed by atoms with Crippen molar-refractivity contribution in [3.05, 3.63) is 62.0 Å². The Morgan fingerprint density at radius 1 is 1.10 bits per heavy atom. The molecule has 2 aromatic rings. The Kier molecular flexibility index (Phi) is 5.73. The van der Waals surface area contributed by atoms with Gasteiger partial charge in [-0.3, -0.25) is 0 Å². The fourth-order valence-corrected chi connectivity index (χ4v) is 2.68. The van der Waals surface area contributed by atoms with E-state index in [1.165, 1.54) is 5.56 Å². The van der Waals surface area contributed by atoms with E-state index >= 15 is 0 Å². The number of rotatable bonds is 5. The summed E-state index contributed by atoms with van der Waals surface area (Å²) in [7, 11) is 1.92. The quantitative estimate of drug-likeness (QED) is 0.739. The predicted octanol–water partition coefficient (Wildman–Crippen LogP) is 5.05. The molecule has 0 aliphatic rings. The third-order valence-corrected chi connectivity index (χ3v) is 4.34. The molecule has 0 spiro atoms. The molecule has 2 nitrogen and oxygen atoms in total. The molecule has 0 aliphatic heterocycles. The number of ether oxygens (including phenoxy) is 1. The molecule has 0 amide bonds. The average Bonchev–Trinajstić information content (AvgIpc) is 2.43. The number of benzene rings is 2. The van der Waals surface area contributed by atoms with Gasteiger partial charge in [-0.15, -0.1) is 0 Å². The predicted molar refractivity (Wildman–Crippen MR) is 87.7 cm³/mol. The summed E-state index contributed by atoms with van der Waals surface area (Å²) in [6.45, 7) is 1.25. The Morgan fingerprint density at radius 3 is 2.50 bits per heavy atom. The van der Waals surface area contributed by atoms with Gasteiger partial charge in [-0.25, -0.2) is 0 Å². The molecule has 0 aromatic heterocycles. The number of nitrogens with one attached hydrogen (secondary N) is 1. The largest absolute Gasteiger partial charge is 0.487 e. The van der Waals surface area contributed by atoms with Crippen molar-refractivity contribution in [2.45, 2.75) is 13.2 Å². The van der Waals surface area contributed by atoms with E-state index in [4.69, 9.17) is 27.9 Å². The summed E-state index contributed by atoms with van der Waals surface area (Å²) in [5.74, 6) is 0.583. The fraction of sp³-hybridized carbons (Fsp3) is 0.200. The van der Waals surface area contributed by atoms with E-state index in [9.17, 15) is 0 Å². The molecule has 20 heavy (non-hydrogen) atoms. The van der Waals surface area contributed by atoms with Crippen LogP contribution < -0.4 is 10.1 Å². The Labute approximate surface area is 137 Å². The third kappa shape index (κ3) is 3.89. The highest BCUT2D eigenvalue weighted by Crippen LogP contribution is 2.34. The molecule has 0 unspecified atom stereocenters. The minimum atomic E-state index is 0.454. The first-order valence-corrected chi connectivity index (χ1v) is 7.65. The summed E-state index contributed by atoms with van der Waals surface area (Å²) in [5, 5.41) is 4.25. The first kappa shape index (κ1) is 15.6. The van der Waals surface area contributed by atoms with Gasteiger partial charge in [-0.1, -0.05) is 47.5 Å². The van der Waals surface area contributed by atoms with Gasteiger partial charge in [0.2, 0.25) is 0 Å². The van der Waals surface area contributed by atoms with Crippen LogP contribution in [-0.2, 0) is 13.2 Å². The van der Waals surface area contributed by atoms with E-state index in [1.807, 2.05) is 25.2 Å². The van der Waals surface area contributed by atoms with Gasteiger partial charge in [0.05, 0.1) is 10.0 Å². The van der Waals surface area contributed by atoms with Crippen molar-refractivity contribution in [3.8, 4) is 5.75 Å². The molecule has 0 atom stereocenters. The molecular formula is C15H14BrCl2NO. The minimum absolute atomic E-state index is 0.454. The number of hydrogen-bond donors (Lipinski definition) is 1. The van der Waals surface area contributed by atoms with Crippen LogP contribution in [0.25, 0.3) is 0 Å². The molecule has 0 aliphatic carbocycles. The van der Waals surface area contributed by atoms with Crippen LogP contribution >= 0.6 is 39.1 Å². The molecule has 5 heteroatoms. The van der Waals surface area contributed by atoms with E-state index < -0.39 is 0 Å². The molecule has 0 saturated carbocycles. The van der Waals surface area contributed by atoms with Crippen molar-refractivity contribution in [3.63, 3.8) is 0 Å². The SMILES string of the molecule is CNCc1ccccc1COc1cc(Cl)c(Br)cc1Cl. The summed E-state index contributed by atoms with van der Waals surface area (Å²) >= 11 is 15.5. The number of halogens is 3. The highest BCUT2D eigenvalue weighted by Gasteiger charge is 2.08. The molecule has 106 valence electrons. The summed E-state index contributed by atoms with van der Waals surface area (Å²) in [5.41, 5.74) is 2.33. The fourth-order valence-electron chi connectivity index (χ4n) is 1.83. The first-order chi connectivity index (χ1) is 9.61. The maximum atomic E-state index is 6.14. The van der Waals surface area contributed by atoms with Crippen molar-refractivity contribution in [1.29, 1.82) is 0 Å². The monoisotopic (exact) mass is 373 g/mol. The maximum absolute atomic E-state index is 6.14. The van der Waals surface area contributed by atoms with Gasteiger partial charge >= 0.3 is 0 Å². The average molecular weight is 375 g/mol. The molecular weight excluding hydrogens is 361 g/mol. The van der Waals surface area contributed by atoms with E-state index in [1.54, 1.807) is 12.1 Å². The highest BCUT2D eigenvalue weighted by atomic mass is 79.9. The molecule has 0 radical (unpaired) electrons. The van der Waals surface area contributed by atoms with E-state index in [-0.39, 0.29) is 0 Å². The summed E-state index contributed by atoms with van der Waals surface area (Å²) in [6, 6.07) is 11.6. The minimum Gasteiger partial charge on any atom is -0.487 e. The smallest absolute Gasteiger partial charge is 0.139 e. The van der Waals surface area contributed by atoms with Crippen molar-refractivity contribution >= 4 is 39.1 Å². The molecule has 1 N–H and O–H groups in total. The van der Waals surface area contributed by atoms with E-state index in [0.717, 1.165) is 16.6 Å². The van der Waals surface area contributed by atoms with Crippen LogP contribution in [0.3, 0.4) is 0 Å². The van der Waals surface area contributed by atoms with Gasteiger partial charge in [0.15, 0.2) is 0 Å². The van der Waals surface area contributed by atoms with Crippen LogP contribution in [0.2, 0.25) is 10.0 Å². The van der Waals surface area contributed by atoms with Crippen molar-refractivity contribution in [2.75, 3.05) is 7.05 Å². The van der Waals surface area contributed by atoms with Gasteiger partial charge in [-0.05, 0) is 40.2 Å². The van der Waals surface area contributed by atoms with Crippen LogP contribution in [0.15, 0.2) is 40.9 Å². The van der Waals surface area contributed by atoms with Crippen LogP contribution in [0.4, 0.5) is 0 Å². The first-order valence-electron chi connectivity index (χ1n) is 6.10. The van der Waals surface area contributed by atoms with Gasteiger partial charge in [-0.2, -0.15) is 0 Å². The van der Waals surface area contributed by atoms with Gasteiger partial charge in [0.1, 0.15) is 12.4 Å². The van der Waals surface area contributed by atoms with Gasteiger partial charge < -0.3 is 10.1 Å². The second-order valence-electron chi connectivity index (χ2n) is 4.28. The van der Waals surface area contributed by atoms with Crippen LogP contribution in [0.1, 0.15) is 11.1 Å². The second-order valence-corrected chi connectivity index (χ2v) is 5.95. The van der Waals surface area contributed by atoms with Crippen molar-refractivity contribution in [2.24, 2.45) is 0 Å². The van der Waals surface area contributed by atoms with Crippen LogP contribution in [0, 0.1) is 0 Å². The zero-order valence-corrected chi connectivity index (χ0v) is 14.0. The Morgan fingerprint density at radius 2 is 1.80 bits per heavy atom. The highest BCUT2D eigenvalue weighted by molar-refractivity contribution is 9.10. The van der Waals surface area contributed by atoms with Crippen LogP contribution in [0.5, 0.6) is 5.75 Å². The normalized spacial score (nSPS) is 10.6. The lowest BCUT2D eigenvalue weighted by molar-refractivity contribution is 0.305. The Hall–Kier alpha value is -0.740. The zero-order chi connectivity index (χ0) is 14.5. The summed E-state index contributed by atoms with van der Waals surface area (Å²) in [4.78, 5) is 0. The maximum Gasteiger partial charge on any atom is 0.139 e. The van der Waals surface area contributed by atoms with E-state index in [2.05, 4.69) is 27.3 Å². The zero-order valence-electron chi connectivity index (χ0n) is 10.9. The topological polar surface area (TPSA) is 21.3 Å². The lowest BCUT2D eigenvalue weighted by Crippen LogP contribution is -2.09. The third-order valence-electron chi connectivity index (χ3n) is 2.84. The lowest BCUT2D eigenvalue weighted by Gasteiger charge is -2.12. The van der Waals surface area contributed by atoms with E-state index in [0.29, 0.717) is 22.4 Å². The Bertz CT molecular complexity index is 604. The molecule has 0 bridgehead atoms. The van der Waals surface area contributed by atoms with Crippen LogP contribution in [-0.4, -0.2) is 7.05 Å². The molecule has 0 saturated heterocycles. The summed E-state index contributed by atoms with van der Waals surface area (Å²) < 4.78 is 6.54. The van der Waals surface area contributed by atoms with Crippen molar-refractivity contribution < 1.29 is 4.74 Å².